The zero-order chi connectivity index (χ0) is 12.3. The molecule has 0 aromatic rings. The summed E-state index contributed by atoms with van der Waals surface area (Å²) in [6.45, 7) is 8.22. The first-order valence-corrected chi connectivity index (χ1v) is 6.76. The third-order valence-corrected chi connectivity index (χ3v) is 2.79. The first kappa shape index (κ1) is 13.4. The van der Waals surface area contributed by atoms with Gasteiger partial charge in [-0.05, 0) is 0 Å². The van der Waals surface area contributed by atoms with Crippen LogP contribution in [0, 0.1) is 0 Å². The predicted octanol–water partition coefficient (Wildman–Crippen LogP) is 1.78. The number of ether oxygens (including phenoxy) is 1. The molecule has 0 unspecified atom stereocenters. The molecule has 1 heterocycles. The second kappa shape index (κ2) is 5.58. The third-order valence-electron chi connectivity index (χ3n) is 2.36. The topological polar surface area (TPSA) is 29.5 Å². The Balaban J connectivity index is 3.00. The molecule has 1 aliphatic rings. The molecule has 1 rings (SSSR count). The quantitative estimate of drug-likeness (QED) is 0.672. The summed E-state index contributed by atoms with van der Waals surface area (Å²) >= 11 is 1.39. The summed E-state index contributed by atoms with van der Waals surface area (Å²) in [4.78, 5) is 13.9. The maximum atomic E-state index is 12.1. The van der Waals surface area contributed by atoms with E-state index in [-0.39, 0.29) is 11.9 Å². The van der Waals surface area contributed by atoms with E-state index in [0.717, 1.165) is 0 Å². The monoisotopic (exact) mass is 391 g/mol. The van der Waals surface area contributed by atoms with Crippen LogP contribution in [0.1, 0.15) is 27.7 Å². The molecule has 3 nitrogen and oxygen atoms in total. The third kappa shape index (κ3) is 2.91. The van der Waals surface area contributed by atoms with E-state index >= 15 is 0 Å². The van der Waals surface area contributed by atoms with Crippen molar-refractivity contribution >= 4 is 9.81 Å². The van der Waals surface area contributed by atoms with Crippen LogP contribution in [-0.2, 0) is 28.9 Å². The van der Waals surface area contributed by atoms with Crippen LogP contribution in [0.5, 0.6) is 0 Å². The Morgan fingerprint density at radius 2 is 2.19 bits per heavy atom. The van der Waals surface area contributed by atoms with E-state index < -0.39 is 0 Å². The van der Waals surface area contributed by atoms with Crippen LogP contribution in [0.15, 0.2) is 23.5 Å². The zero-order valence-corrected chi connectivity index (χ0v) is 13.0. The Bertz CT molecular complexity index is 369. The molecule has 4 heteroatoms. The number of carbonyl (C=O) groups excluding carboxylic acids is 1. The number of carbonyl (C=O) groups is 1. The van der Waals surface area contributed by atoms with Crippen LogP contribution >= 0.6 is 0 Å². The van der Waals surface area contributed by atoms with Crippen molar-refractivity contribution in [3.8, 4) is 0 Å². The van der Waals surface area contributed by atoms with Crippen LogP contribution in [0.3, 0.4) is 0 Å². The van der Waals surface area contributed by atoms with Gasteiger partial charge in [0.25, 0.3) is 0 Å². The molecular formula is C12H17NO2W. The fourth-order valence-electron chi connectivity index (χ4n) is 1.49. The second-order valence-corrected chi connectivity index (χ2v) is 6.28. The van der Waals surface area contributed by atoms with Gasteiger partial charge >= 0.3 is 108 Å². The van der Waals surface area contributed by atoms with Crippen molar-refractivity contribution in [3.63, 3.8) is 0 Å². The van der Waals surface area contributed by atoms with Crippen LogP contribution in [0.4, 0.5) is 0 Å². The Labute approximate surface area is 108 Å². The van der Waals surface area contributed by atoms with E-state index in [1.165, 1.54) is 23.3 Å². The van der Waals surface area contributed by atoms with Gasteiger partial charge in [-0.3, -0.25) is 0 Å². The van der Waals surface area contributed by atoms with Crippen molar-refractivity contribution in [1.82, 2.24) is 4.90 Å². The minimum atomic E-state index is 0.0613. The number of hydrogen-bond donors (Lipinski definition) is 0. The van der Waals surface area contributed by atoms with Crippen molar-refractivity contribution in [2.75, 3.05) is 6.73 Å². The van der Waals surface area contributed by atoms with E-state index in [1.807, 2.05) is 39.8 Å². The molecule has 0 spiro atoms. The van der Waals surface area contributed by atoms with Crippen molar-refractivity contribution in [2.24, 2.45) is 0 Å². The van der Waals surface area contributed by atoms with E-state index in [9.17, 15) is 4.79 Å². The molecule has 0 atom stereocenters. The van der Waals surface area contributed by atoms with Gasteiger partial charge in [0, 0.05) is 0 Å². The van der Waals surface area contributed by atoms with Gasteiger partial charge in [-0.2, -0.15) is 0 Å². The molecule has 0 saturated carbocycles. The van der Waals surface area contributed by atoms with Crippen molar-refractivity contribution in [2.45, 2.75) is 33.7 Å². The van der Waals surface area contributed by atoms with E-state index in [2.05, 4.69) is 0 Å². The molecule has 1 saturated heterocycles. The number of allylic oxidation sites excluding steroid dienone is 2. The van der Waals surface area contributed by atoms with Gasteiger partial charge in [-0.25, -0.2) is 0 Å². The van der Waals surface area contributed by atoms with Crippen LogP contribution < -0.4 is 0 Å². The number of amides is 1. The summed E-state index contributed by atoms with van der Waals surface area (Å²) in [5.41, 5.74) is 0.667. The summed E-state index contributed by atoms with van der Waals surface area (Å²) in [5.74, 6) is 0.767. The fourth-order valence-corrected chi connectivity index (χ4v) is 1.87. The summed E-state index contributed by atoms with van der Waals surface area (Å²) < 4.78 is 6.84. The SMILES string of the molecule is CC=C1C(=O)N(C(C)C)COC1=C[C](C)=[W]. The maximum absolute atomic E-state index is 12.1. The number of nitrogens with zero attached hydrogens (tertiary/aromatic N) is 1. The first-order chi connectivity index (χ1) is 7.47. The van der Waals surface area contributed by atoms with Gasteiger partial charge in [-0.1, -0.05) is 0 Å². The zero-order valence-electron chi connectivity index (χ0n) is 10.1. The summed E-state index contributed by atoms with van der Waals surface area (Å²) in [5, 5.41) is 0. The number of hydrogen-bond acceptors (Lipinski definition) is 2. The van der Waals surface area contributed by atoms with Gasteiger partial charge in [0.2, 0.25) is 0 Å². The molecular weight excluding hydrogens is 374 g/mol. The van der Waals surface area contributed by atoms with Gasteiger partial charge in [-0.15, -0.1) is 0 Å². The Kier molecular flexibility index (Phi) is 4.67. The van der Waals surface area contributed by atoms with Gasteiger partial charge in [0.05, 0.1) is 0 Å². The summed E-state index contributed by atoms with van der Waals surface area (Å²) in [6, 6.07) is 0.168. The van der Waals surface area contributed by atoms with Crippen molar-refractivity contribution in [3.05, 3.63) is 23.5 Å². The first-order valence-electron chi connectivity index (χ1n) is 5.30. The van der Waals surface area contributed by atoms with Crippen LogP contribution in [0.25, 0.3) is 0 Å². The number of rotatable bonds is 2. The average molecular weight is 391 g/mol. The molecule has 0 aliphatic carbocycles. The standard InChI is InChI=1S/C12H17NO2.W/c1-5-7-11-10(6-2)12(14)13(8-15-11)9(3)4;/h6-7,9H,8H2,1-4H3;. The summed E-state index contributed by atoms with van der Waals surface area (Å²) in [6.07, 6.45) is 3.77. The molecule has 16 heavy (non-hydrogen) atoms. The normalized spacial score (nSPS) is 21.8. The molecule has 0 N–H and O–H groups in total. The molecule has 0 radical (unpaired) electrons. The Morgan fingerprint density at radius 1 is 1.56 bits per heavy atom. The van der Waals surface area contributed by atoms with E-state index in [1.54, 1.807) is 4.90 Å². The summed E-state index contributed by atoms with van der Waals surface area (Å²) in [7, 11) is 0. The molecule has 1 fully saturated rings. The van der Waals surface area contributed by atoms with E-state index in [0.29, 0.717) is 18.1 Å². The molecule has 1 aliphatic heterocycles. The van der Waals surface area contributed by atoms with Crippen molar-refractivity contribution < 1.29 is 28.9 Å². The predicted molar refractivity (Wildman–Crippen MR) is 60.5 cm³/mol. The average Bonchev–Trinajstić information content (AvgIpc) is 2.16. The fraction of sp³-hybridized carbons (Fsp3) is 0.500. The molecule has 88 valence electrons. The van der Waals surface area contributed by atoms with Gasteiger partial charge in [0.15, 0.2) is 0 Å². The Morgan fingerprint density at radius 3 is 2.62 bits per heavy atom. The van der Waals surface area contributed by atoms with Gasteiger partial charge in [0.1, 0.15) is 0 Å². The molecule has 1 amide bonds. The van der Waals surface area contributed by atoms with Crippen LogP contribution in [-0.4, -0.2) is 27.5 Å². The van der Waals surface area contributed by atoms with Gasteiger partial charge < -0.3 is 0 Å². The molecule has 0 aromatic heterocycles. The van der Waals surface area contributed by atoms with Crippen molar-refractivity contribution in [1.29, 1.82) is 0 Å². The van der Waals surface area contributed by atoms with E-state index in [4.69, 9.17) is 4.74 Å². The Hall–Kier alpha value is -0.692. The van der Waals surface area contributed by atoms with Crippen LogP contribution in [0.2, 0.25) is 0 Å². The molecule has 0 aromatic carbocycles. The molecule has 0 bridgehead atoms. The minimum absolute atomic E-state index is 0.0613. The second-order valence-electron chi connectivity index (χ2n) is 3.96.